The molecule has 1 aromatic heterocycles. The fraction of sp³-hybridized carbons (Fsp3) is 0.600. The van der Waals surface area contributed by atoms with Gasteiger partial charge in [0.2, 0.25) is 0 Å². The molecule has 0 atom stereocenters. The molecular weight excluding hydrogens is 290 g/mol. The molecule has 0 saturated carbocycles. The van der Waals surface area contributed by atoms with Gasteiger partial charge in [0.1, 0.15) is 16.4 Å². The highest BCUT2D eigenvalue weighted by molar-refractivity contribution is 7.99. The Kier molecular flexibility index (Phi) is 5.24. The number of anilines is 1. The molecule has 0 aliphatic rings. The van der Waals surface area contributed by atoms with E-state index < -0.39 is 15.8 Å². The minimum atomic E-state index is -3.14. The molecule has 0 aromatic carbocycles. The molecule has 1 rings (SSSR count). The highest BCUT2D eigenvalue weighted by Gasteiger charge is 2.22. The number of aromatic nitrogens is 2. The second-order valence-corrected chi connectivity index (χ2v) is 7.49. The highest BCUT2D eigenvalue weighted by atomic mass is 32.2. The zero-order valence-electron chi connectivity index (χ0n) is 10.8. The predicted molar refractivity (Wildman–Crippen MR) is 74.3 cm³/mol. The summed E-state index contributed by atoms with van der Waals surface area (Å²) in [4.78, 5) is 11.1. The normalized spacial score (nSPS) is 11.7. The van der Waals surface area contributed by atoms with Crippen LogP contribution in [0.15, 0.2) is 5.03 Å². The number of aryl methyl sites for hydroxylation is 1. The summed E-state index contributed by atoms with van der Waals surface area (Å²) in [6.07, 6.45) is 0. The number of aromatic carboxylic acids is 1. The predicted octanol–water partition coefficient (Wildman–Crippen LogP) is 0.710. The van der Waals surface area contributed by atoms with Crippen LogP contribution in [0, 0.1) is 0 Å². The molecule has 0 saturated heterocycles. The summed E-state index contributed by atoms with van der Waals surface area (Å²) >= 11 is 1.26. The third-order valence-corrected chi connectivity index (χ3v) is 5.04. The first-order valence-electron chi connectivity index (χ1n) is 5.75. The molecule has 3 N–H and O–H groups in total. The van der Waals surface area contributed by atoms with Crippen molar-refractivity contribution in [2.75, 3.05) is 23.0 Å². The Balaban J connectivity index is 3.03. The number of hydrogen-bond donors (Lipinski definition) is 2. The Morgan fingerprint density at radius 3 is 2.58 bits per heavy atom. The van der Waals surface area contributed by atoms with Crippen molar-refractivity contribution in [3.8, 4) is 0 Å². The van der Waals surface area contributed by atoms with E-state index in [2.05, 4.69) is 5.10 Å². The Morgan fingerprint density at radius 1 is 1.47 bits per heavy atom. The minimum absolute atomic E-state index is 0.00486. The standard InChI is InChI=1S/C10H17N3O4S2/c1-3-18-9-7(10(14)15)8(11)13(12-9)5-6-19(16,17)4-2/h3-6,11H2,1-2H3,(H,14,15). The number of nitrogens with zero attached hydrogens (tertiary/aromatic N) is 2. The van der Waals surface area contributed by atoms with Crippen LogP contribution in [0.1, 0.15) is 24.2 Å². The van der Waals surface area contributed by atoms with Crippen LogP contribution in [0.4, 0.5) is 5.82 Å². The van der Waals surface area contributed by atoms with E-state index in [1.165, 1.54) is 16.4 Å². The van der Waals surface area contributed by atoms with Crippen LogP contribution >= 0.6 is 11.8 Å². The van der Waals surface area contributed by atoms with Crippen LogP contribution < -0.4 is 5.73 Å². The summed E-state index contributed by atoms with van der Waals surface area (Å²) in [6, 6.07) is 0. The molecule has 0 bridgehead atoms. The molecule has 0 aliphatic heterocycles. The quantitative estimate of drug-likeness (QED) is 0.713. The van der Waals surface area contributed by atoms with Crippen LogP contribution in [0.5, 0.6) is 0 Å². The first-order chi connectivity index (χ1) is 8.82. The number of carboxylic acid groups (broad SMARTS) is 1. The van der Waals surface area contributed by atoms with Crippen LogP contribution in [0.3, 0.4) is 0 Å². The molecule has 108 valence electrons. The second-order valence-electron chi connectivity index (χ2n) is 3.76. The average Bonchev–Trinajstić information content (AvgIpc) is 2.64. The van der Waals surface area contributed by atoms with Gasteiger partial charge in [0.25, 0.3) is 0 Å². The van der Waals surface area contributed by atoms with E-state index in [1.807, 2.05) is 6.92 Å². The van der Waals surface area contributed by atoms with Crippen LogP contribution in [0.25, 0.3) is 0 Å². The lowest BCUT2D eigenvalue weighted by atomic mass is 10.3. The van der Waals surface area contributed by atoms with Gasteiger partial charge in [-0.3, -0.25) is 0 Å². The van der Waals surface area contributed by atoms with Gasteiger partial charge in [-0.15, -0.1) is 11.8 Å². The van der Waals surface area contributed by atoms with Crippen LogP contribution in [0.2, 0.25) is 0 Å². The van der Waals surface area contributed by atoms with E-state index in [0.717, 1.165) is 0 Å². The molecule has 0 fully saturated rings. The van der Waals surface area contributed by atoms with Crippen molar-refractivity contribution in [2.45, 2.75) is 25.4 Å². The van der Waals surface area contributed by atoms with Gasteiger partial charge in [0.05, 0.1) is 12.3 Å². The van der Waals surface area contributed by atoms with Crippen molar-refractivity contribution in [1.29, 1.82) is 0 Å². The molecule has 0 radical (unpaired) electrons. The summed E-state index contributed by atoms with van der Waals surface area (Å²) in [5.74, 6) is -0.571. The molecule has 7 nitrogen and oxygen atoms in total. The van der Waals surface area contributed by atoms with Gasteiger partial charge in [0, 0.05) is 5.75 Å². The molecule has 1 heterocycles. The van der Waals surface area contributed by atoms with Crippen molar-refractivity contribution in [2.24, 2.45) is 0 Å². The monoisotopic (exact) mass is 307 g/mol. The maximum Gasteiger partial charge on any atom is 0.342 e. The van der Waals surface area contributed by atoms with Crippen molar-refractivity contribution in [3.05, 3.63) is 5.56 Å². The number of rotatable bonds is 7. The number of hydrogen-bond acceptors (Lipinski definition) is 6. The molecule has 0 amide bonds. The topological polar surface area (TPSA) is 115 Å². The summed E-state index contributed by atoms with van der Waals surface area (Å²) in [5, 5.41) is 13.5. The van der Waals surface area contributed by atoms with Gasteiger partial charge in [-0.1, -0.05) is 13.8 Å². The average molecular weight is 307 g/mol. The van der Waals surface area contributed by atoms with E-state index in [4.69, 9.17) is 10.8 Å². The molecular formula is C10H17N3O4S2. The number of carbonyl (C=O) groups is 1. The fourth-order valence-corrected chi connectivity index (χ4v) is 2.94. The van der Waals surface area contributed by atoms with E-state index in [-0.39, 0.29) is 29.4 Å². The summed E-state index contributed by atoms with van der Waals surface area (Å²) in [5.41, 5.74) is 5.66. The second kappa shape index (κ2) is 6.29. The molecule has 1 aromatic rings. The lowest BCUT2D eigenvalue weighted by molar-refractivity contribution is 0.0694. The van der Waals surface area contributed by atoms with Crippen LogP contribution in [-0.4, -0.2) is 46.5 Å². The molecule has 9 heteroatoms. The number of nitrogens with two attached hydrogens (primary N) is 1. The first kappa shape index (κ1) is 15.8. The number of sulfone groups is 1. The molecule has 0 spiro atoms. The van der Waals surface area contributed by atoms with Crippen molar-refractivity contribution in [3.63, 3.8) is 0 Å². The SMILES string of the molecule is CCSc1nn(CCS(=O)(=O)CC)c(N)c1C(=O)O. The van der Waals surface area contributed by atoms with E-state index in [0.29, 0.717) is 10.8 Å². The van der Waals surface area contributed by atoms with Gasteiger partial charge in [0.15, 0.2) is 9.84 Å². The zero-order chi connectivity index (χ0) is 14.6. The van der Waals surface area contributed by atoms with E-state index in [9.17, 15) is 13.2 Å². The van der Waals surface area contributed by atoms with E-state index >= 15 is 0 Å². The van der Waals surface area contributed by atoms with Gasteiger partial charge in [-0.25, -0.2) is 17.9 Å². The van der Waals surface area contributed by atoms with Gasteiger partial charge in [-0.2, -0.15) is 5.10 Å². The third-order valence-electron chi connectivity index (χ3n) is 2.51. The Bertz CT molecular complexity index is 566. The largest absolute Gasteiger partial charge is 0.477 e. The Hall–Kier alpha value is -1.22. The smallest absolute Gasteiger partial charge is 0.342 e. The lowest BCUT2D eigenvalue weighted by Crippen LogP contribution is -2.17. The van der Waals surface area contributed by atoms with Crippen molar-refractivity contribution < 1.29 is 18.3 Å². The van der Waals surface area contributed by atoms with Gasteiger partial charge in [-0.05, 0) is 5.75 Å². The number of thioether (sulfide) groups is 1. The highest BCUT2D eigenvalue weighted by Crippen LogP contribution is 2.26. The molecule has 0 unspecified atom stereocenters. The van der Waals surface area contributed by atoms with Gasteiger partial charge < -0.3 is 10.8 Å². The van der Waals surface area contributed by atoms with Crippen molar-refractivity contribution >= 4 is 33.4 Å². The Labute approximate surface area is 116 Å². The summed E-state index contributed by atoms with van der Waals surface area (Å²) in [7, 11) is -3.14. The molecule has 0 aliphatic carbocycles. The maximum absolute atomic E-state index is 11.4. The maximum atomic E-state index is 11.4. The number of carboxylic acids is 1. The Morgan fingerprint density at radius 2 is 2.11 bits per heavy atom. The summed E-state index contributed by atoms with van der Waals surface area (Å²) < 4.78 is 24.1. The minimum Gasteiger partial charge on any atom is -0.477 e. The first-order valence-corrected chi connectivity index (χ1v) is 8.55. The zero-order valence-corrected chi connectivity index (χ0v) is 12.4. The molecule has 19 heavy (non-hydrogen) atoms. The third kappa shape index (κ3) is 3.87. The number of nitrogen functional groups attached to an aromatic ring is 1. The summed E-state index contributed by atoms with van der Waals surface area (Å²) in [6.45, 7) is 3.49. The van der Waals surface area contributed by atoms with Gasteiger partial charge >= 0.3 is 5.97 Å². The lowest BCUT2D eigenvalue weighted by Gasteiger charge is -2.04. The van der Waals surface area contributed by atoms with E-state index in [1.54, 1.807) is 6.92 Å². The fourth-order valence-electron chi connectivity index (χ4n) is 1.43. The van der Waals surface area contributed by atoms with Crippen molar-refractivity contribution in [1.82, 2.24) is 9.78 Å². The van der Waals surface area contributed by atoms with Crippen LogP contribution in [-0.2, 0) is 16.4 Å².